The lowest BCUT2D eigenvalue weighted by atomic mass is 10.0. The Hall–Kier alpha value is -5.22. The van der Waals surface area contributed by atoms with Gasteiger partial charge in [0.15, 0.2) is 11.5 Å². The van der Waals surface area contributed by atoms with E-state index < -0.39 is 11.9 Å². The third-order valence-electron chi connectivity index (χ3n) is 6.93. The zero-order valence-electron chi connectivity index (χ0n) is 22.1. The van der Waals surface area contributed by atoms with Crippen LogP contribution in [0.15, 0.2) is 95.7 Å². The number of pyridine rings is 1. The van der Waals surface area contributed by atoms with Crippen molar-refractivity contribution >= 4 is 34.2 Å². The summed E-state index contributed by atoms with van der Waals surface area (Å²) in [5, 5.41) is 10.5. The van der Waals surface area contributed by atoms with Gasteiger partial charge < -0.3 is 16.1 Å². The number of nitrogens with zero attached hydrogens (tertiary/aromatic N) is 5. The molecule has 0 saturated carbocycles. The van der Waals surface area contributed by atoms with Gasteiger partial charge in [-0.3, -0.25) is 14.2 Å². The zero-order chi connectivity index (χ0) is 27.8. The number of carbonyl (C=O) groups is 1. The van der Waals surface area contributed by atoms with Crippen LogP contribution in [-0.2, 0) is 0 Å². The minimum Gasteiger partial charge on any atom is -0.381 e. The van der Waals surface area contributed by atoms with Crippen molar-refractivity contribution in [1.82, 2.24) is 34.9 Å². The van der Waals surface area contributed by atoms with Crippen molar-refractivity contribution in [2.24, 2.45) is 0 Å². The van der Waals surface area contributed by atoms with Crippen molar-refractivity contribution in [2.75, 3.05) is 19.3 Å². The fourth-order valence-corrected chi connectivity index (χ4v) is 5.03. The van der Waals surface area contributed by atoms with E-state index in [2.05, 4.69) is 20.8 Å². The molecule has 10 nitrogen and oxygen atoms in total. The molecule has 1 unspecified atom stereocenters. The number of fused-ring (bicyclic) bond motifs is 2. The summed E-state index contributed by atoms with van der Waals surface area (Å²) < 4.78 is 3.13. The molecule has 4 heterocycles. The predicted octanol–water partition coefficient (Wildman–Crippen LogP) is 3.45. The highest BCUT2D eigenvalue weighted by Gasteiger charge is 2.24. The molecule has 0 radical (unpaired) electrons. The SMILES string of the molecule is CC(NC(=O)c1c(N)nn2cccnc12)c1cc2cccc(/C=C\C3=CN(C)NC3)c2c(=O)n1-c1ccccc1. The van der Waals surface area contributed by atoms with E-state index in [-0.39, 0.29) is 16.9 Å². The van der Waals surface area contributed by atoms with Gasteiger partial charge in [-0.05, 0) is 47.7 Å². The van der Waals surface area contributed by atoms with Crippen molar-refractivity contribution in [2.45, 2.75) is 13.0 Å². The monoisotopic (exact) mass is 532 g/mol. The molecule has 1 aliphatic heterocycles. The molecule has 0 spiro atoms. The Balaban J connectivity index is 1.45. The standard InChI is InChI=1S/C30H28N8O2/c1-19(34-29(39)26-27(31)35-37-15-7-14-32-28(26)37)24-16-22-9-6-8-21(13-12-20-17-33-36(2)18-20)25(22)30(40)38(24)23-10-4-3-5-11-23/h3-16,18-19,33H,17H2,1-2H3,(H2,31,35)(H,34,39)/b13-12-. The van der Waals surface area contributed by atoms with Gasteiger partial charge in [0.25, 0.3) is 11.5 Å². The van der Waals surface area contributed by atoms with Gasteiger partial charge in [0.2, 0.25) is 0 Å². The van der Waals surface area contributed by atoms with E-state index in [1.165, 1.54) is 4.52 Å². The maximum Gasteiger partial charge on any atom is 0.263 e. The first-order valence-corrected chi connectivity index (χ1v) is 12.9. The fourth-order valence-electron chi connectivity index (χ4n) is 5.03. The number of rotatable bonds is 6. The zero-order valence-corrected chi connectivity index (χ0v) is 22.1. The van der Waals surface area contributed by atoms with E-state index in [4.69, 9.17) is 5.73 Å². The summed E-state index contributed by atoms with van der Waals surface area (Å²) >= 11 is 0. The molecule has 0 aliphatic carbocycles. The number of anilines is 1. The Morgan fingerprint density at radius 3 is 2.73 bits per heavy atom. The van der Waals surface area contributed by atoms with Crippen LogP contribution in [0.3, 0.4) is 0 Å². The first kappa shape index (κ1) is 25.1. The van der Waals surface area contributed by atoms with Gasteiger partial charge in [-0.1, -0.05) is 48.6 Å². The second-order valence-corrected chi connectivity index (χ2v) is 9.68. The molecule has 1 amide bonds. The average Bonchev–Trinajstić information content (AvgIpc) is 3.53. The number of nitrogen functional groups attached to an aromatic ring is 1. The molecule has 1 atom stereocenters. The number of hydrogen-bond donors (Lipinski definition) is 3. The average molecular weight is 533 g/mol. The summed E-state index contributed by atoms with van der Waals surface area (Å²) in [4.78, 5) is 31.9. The molecule has 10 heteroatoms. The van der Waals surface area contributed by atoms with Crippen LogP contribution in [0, 0.1) is 0 Å². The number of hydrogen-bond acceptors (Lipinski definition) is 7. The molecule has 0 bridgehead atoms. The maximum atomic E-state index is 14.2. The molecule has 2 aromatic carbocycles. The van der Waals surface area contributed by atoms with Gasteiger partial charge in [0, 0.05) is 43.6 Å². The highest BCUT2D eigenvalue weighted by atomic mass is 16.2. The molecule has 3 aromatic heterocycles. The van der Waals surface area contributed by atoms with Crippen molar-refractivity contribution in [1.29, 1.82) is 0 Å². The third-order valence-corrected chi connectivity index (χ3v) is 6.93. The van der Waals surface area contributed by atoms with Crippen LogP contribution in [0.1, 0.15) is 34.6 Å². The summed E-state index contributed by atoms with van der Waals surface area (Å²) in [6.45, 7) is 2.56. The number of nitrogens with one attached hydrogen (secondary N) is 2. The van der Waals surface area contributed by atoms with Gasteiger partial charge in [0.05, 0.1) is 11.4 Å². The van der Waals surface area contributed by atoms with E-state index in [0.717, 1.165) is 23.1 Å². The first-order valence-electron chi connectivity index (χ1n) is 12.9. The van der Waals surface area contributed by atoms with Crippen LogP contribution >= 0.6 is 0 Å². The summed E-state index contributed by atoms with van der Waals surface area (Å²) in [5.41, 5.74) is 12.9. The molecule has 5 aromatic rings. The van der Waals surface area contributed by atoms with E-state index in [9.17, 15) is 9.59 Å². The highest BCUT2D eigenvalue weighted by molar-refractivity contribution is 6.04. The summed E-state index contributed by atoms with van der Waals surface area (Å²) in [5.74, 6) is -0.344. The Labute approximate surface area is 230 Å². The summed E-state index contributed by atoms with van der Waals surface area (Å²) in [7, 11) is 1.94. The number of nitrogens with two attached hydrogens (primary N) is 1. The molecule has 0 saturated heterocycles. The maximum absolute atomic E-state index is 14.2. The van der Waals surface area contributed by atoms with Crippen molar-refractivity contribution in [3.05, 3.63) is 118 Å². The first-order chi connectivity index (χ1) is 19.4. The topological polar surface area (TPSA) is 123 Å². The van der Waals surface area contributed by atoms with Gasteiger partial charge in [-0.2, -0.15) is 0 Å². The van der Waals surface area contributed by atoms with Crippen LogP contribution in [0.2, 0.25) is 0 Å². The van der Waals surface area contributed by atoms with Gasteiger partial charge in [-0.25, -0.2) is 14.9 Å². The van der Waals surface area contributed by atoms with Crippen LogP contribution in [-0.4, -0.2) is 43.7 Å². The smallest absolute Gasteiger partial charge is 0.263 e. The molecular weight excluding hydrogens is 504 g/mol. The molecular formula is C30H28N8O2. The number of carbonyl (C=O) groups excluding carboxylic acids is 1. The minimum atomic E-state index is -0.549. The second kappa shape index (κ2) is 10.2. The van der Waals surface area contributed by atoms with Crippen LogP contribution < -0.4 is 22.0 Å². The van der Waals surface area contributed by atoms with E-state index in [0.29, 0.717) is 22.4 Å². The Kier molecular flexibility index (Phi) is 6.37. The van der Waals surface area contributed by atoms with Crippen LogP contribution in [0.25, 0.3) is 28.2 Å². The van der Waals surface area contributed by atoms with Crippen molar-refractivity contribution < 1.29 is 4.79 Å². The van der Waals surface area contributed by atoms with E-state index in [1.54, 1.807) is 23.0 Å². The fraction of sp³-hybridized carbons (Fsp3) is 0.133. The second-order valence-electron chi connectivity index (χ2n) is 9.68. The number of hydrazine groups is 1. The Morgan fingerprint density at radius 1 is 1.12 bits per heavy atom. The quantitative estimate of drug-likeness (QED) is 0.306. The molecule has 1 aliphatic rings. The number of benzene rings is 2. The van der Waals surface area contributed by atoms with Crippen molar-refractivity contribution in [3.63, 3.8) is 0 Å². The van der Waals surface area contributed by atoms with E-state index >= 15 is 0 Å². The number of amides is 1. The lowest BCUT2D eigenvalue weighted by molar-refractivity contribution is 0.0941. The molecule has 200 valence electrons. The molecule has 40 heavy (non-hydrogen) atoms. The number of aromatic nitrogens is 4. The molecule has 4 N–H and O–H groups in total. The predicted molar refractivity (Wildman–Crippen MR) is 156 cm³/mol. The van der Waals surface area contributed by atoms with Crippen molar-refractivity contribution in [3.8, 4) is 5.69 Å². The lowest BCUT2D eigenvalue weighted by Crippen LogP contribution is -2.32. The Bertz CT molecular complexity index is 1870. The van der Waals surface area contributed by atoms with Gasteiger partial charge in [-0.15, -0.1) is 5.10 Å². The summed E-state index contributed by atoms with van der Waals surface area (Å²) in [6.07, 6.45) is 9.26. The number of para-hydroxylation sites is 1. The Morgan fingerprint density at radius 2 is 1.95 bits per heavy atom. The van der Waals surface area contributed by atoms with Gasteiger partial charge in [0.1, 0.15) is 5.56 Å². The summed E-state index contributed by atoms with van der Waals surface area (Å²) in [6, 6.07) is 18.3. The minimum absolute atomic E-state index is 0.0811. The largest absolute Gasteiger partial charge is 0.381 e. The van der Waals surface area contributed by atoms with Crippen LogP contribution in [0.5, 0.6) is 0 Å². The highest BCUT2D eigenvalue weighted by Crippen LogP contribution is 2.25. The molecule has 0 fully saturated rings. The lowest BCUT2D eigenvalue weighted by Gasteiger charge is -2.21. The normalized spacial score (nSPS) is 14.2. The van der Waals surface area contributed by atoms with Crippen LogP contribution in [0.4, 0.5) is 5.82 Å². The van der Waals surface area contributed by atoms with E-state index in [1.807, 2.05) is 91.9 Å². The molecule has 6 rings (SSSR count). The third kappa shape index (κ3) is 4.50. The van der Waals surface area contributed by atoms with Gasteiger partial charge >= 0.3 is 0 Å².